The molecule has 1 unspecified atom stereocenters. The first-order valence-electron chi connectivity index (χ1n) is 7.75. The van der Waals surface area contributed by atoms with Crippen molar-refractivity contribution in [2.75, 3.05) is 18.1 Å². The lowest BCUT2D eigenvalue weighted by molar-refractivity contribution is -0.145. The van der Waals surface area contributed by atoms with Crippen molar-refractivity contribution in [1.29, 1.82) is 0 Å². The quantitative estimate of drug-likeness (QED) is 0.424. The number of aliphatic hydroxyl groups excluding tert-OH is 1. The van der Waals surface area contributed by atoms with E-state index in [0.717, 1.165) is 33.2 Å². The van der Waals surface area contributed by atoms with Gasteiger partial charge in [0.1, 0.15) is 11.9 Å². The number of carboxylic acid groups (broad SMARTS) is 1. The monoisotopic (exact) mass is 343 g/mol. The number of benzene rings is 2. The van der Waals surface area contributed by atoms with Gasteiger partial charge in [-0.15, -0.1) is 0 Å². The molecule has 25 heavy (non-hydrogen) atoms. The average Bonchev–Trinajstić information content (AvgIpc) is 2.55. The number of carboxylic acids is 1. The first-order chi connectivity index (χ1) is 11.8. The second kappa shape index (κ2) is 7.67. The predicted molar refractivity (Wildman–Crippen MR) is 98.6 cm³/mol. The zero-order valence-electron chi connectivity index (χ0n) is 14.1. The van der Waals surface area contributed by atoms with Gasteiger partial charge in [-0.25, -0.2) is 9.78 Å². The number of fused-ring (bicyclic) bond motifs is 2. The third kappa shape index (κ3) is 4.27. The van der Waals surface area contributed by atoms with Gasteiger partial charge in [-0.1, -0.05) is 0 Å². The normalized spacial score (nSPS) is 11.6. The standard InChI is InChI=1S/C15H15N3O.C3H6O3/c1-2-19-10-4-6-12-14(8-10)18-13-7-9(16)3-5-11(13)15(12)17;1-2(4)3(5)6/h3-8H,2,16H2,1H3,(H2,17,18);2,4H,1H3,(H,5,6). The molecular weight excluding hydrogens is 322 g/mol. The summed E-state index contributed by atoms with van der Waals surface area (Å²) >= 11 is 0. The topological polar surface area (TPSA) is 132 Å². The minimum absolute atomic E-state index is 0.627. The van der Waals surface area contributed by atoms with Gasteiger partial charge >= 0.3 is 5.97 Å². The Labute approximate surface area is 144 Å². The molecule has 1 atom stereocenters. The number of nitrogens with zero attached hydrogens (tertiary/aromatic N) is 1. The SMILES string of the molecule is CC(O)C(=O)O.CCOc1ccc2c(N)c3ccc(N)cc3nc2c1. The number of nitrogens with two attached hydrogens (primary N) is 2. The highest BCUT2D eigenvalue weighted by atomic mass is 16.5. The van der Waals surface area contributed by atoms with E-state index in [1.165, 1.54) is 6.92 Å². The predicted octanol–water partition coefficient (Wildman–Crippen LogP) is 2.40. The molecule has 7 heteroatoms. The summed E-state index contributed by atoms with van der Waals surface area (Å²) in [6.07, 6.45) is -1.23. The highest BCUT2D eigenvalue weighted by Gasteiger charge is 2.07. The molecule has 2 aromatic carbocycles. The minimum Gasteiger partial charge on any atom is -0.494 e. The molecule has 0 bridgehead atoms. The molecule has 0 amide bonds. The number of pyridine rings is 1. The van der Waals surface area contributed by atoms with Crippen LogP contribution in [0.1, 0.15) is 13.8 Å². The maximum absolute atomic E-state index is 9.45. The lowest BCUT2D eigenvalue weighted by atomic mass is 10.1. The summed E-state index contributed by atoms with van der Waals surface area (Å²) < 4.78 is 5.48. The van der Waals surface area contributed by atoms with Gasteiger partial charge in [0.05, 0.1) is 23.3 Å². The summed E-state index contributed by atoms with van der Waals surface area (Å²) in [5, 5.41) is 17.6. The van der Waals surface area contributed by atoms with Crippen molar-refractivity contribution in [3.63, 3.8) is 0 Å². The van der Waals surface area contributed by atoms with Crippen LogP contribution in [-0.4, -0.2) is 33.9 Å². The fourth-order valence-electron chi connectivity index (χ4n) is 2.23. The lowest BCUT2D eigenvalue weighted by Gasteiger charge is -2.09. The van der Waals surface area contributed by atoms with Gasteiger partial charge in [-0.05, 0) is 44.2 Å². The van der Waals surface area contributed by atoms with E-state index in [1.54, 1.807) is 0 Å². The Morgan fingerprint density at radius 3 is 2.28 bits per heavy atom. The summed E-state index contributed by atoms with van der Waals surface area (Å²) in [6.45, 7) is 3.77. The summed E-state index contributed by atoms with van der Waals surface area (Å²) in [4.78, 5) is 14.1. The van der Waals surface area contributed by atoms with Gasteiger partial charge in [0, 0.05) is 22.5 Å². The van der Waals surface area contributed by atoms with E-state index in [4.69, 9.17) is 26.4 Å². The minimum atomic E-state index is -1.23. The molecule has 0 radical (unpaired) electrons. The number of aliphatic carboxylic acids is 1. The third-order valence-corrected chi connectivity index (χ3v) is 3.48. The van der Waals surface area contributed by atoms with Crippen LogP contribution in [0.15, 0.2) is 36.4 Å². The van der Waals surface area contributed by atoms with Crippen molar-refractivity contribution in [2.24, 2.45) is 0 Å². The van der Waals surface area contributed by atoms with Crippen LogP contribution in [0.4, 0.5) is 11.4 Å². The fourth-order valence-corrected chi connectivity index (χ4v) is 2.23. The van der Waals surface area contributed by atoms with Crippen molar-refractivity contribution in [1.82, 2.24) is 4.98 Å². The number of ether oxygens (including phenoxy) is 1. The molecule has 0 aliphatic heterocycles. The first kappa shape index (κ1) is 18.3. The van der Waals surface area contributed by atoms with Crippen LogP contribution in [0.2, 0.25) is 0 Å². The number of rotatable bonds is 3. The first-order valence-corrected chi connectivity index (χ1v) is 7.75. The highest BCUT2D eigenvalue weighted by molar-refractivity contribution is 6.07. The summed E-state index contributed by atoms with van der Waals surface area (Å²) in [7, 11) is 0. The Bertz CT molecular complexity index is 910. The van der Waals surface area contributed by atoms with Crippen molar-refractivity contribution >= 4 is 39.1 Å². The zero-order chi connectivity index (χ0) is 18.6. The molecule has 132 valence electrons. The molecule has 0 aliphatic rings. The van der Waals surface area contributed by atoms with E-state index < -0.39 is 12.1 Å². The summed E-state index contributed by atoms with van der Waals surface area (Å²) in [5.41, 5.74) is 15.0. The molecule has 0 spiro atoms. The molecule has 3 rings (SSSR count). The summed E-state index contributed by atoms with van der Waals surface area (Å²) in [5.74, 6) is -0.389. The molecule has 0 aliphatic carbocycles. The van der Waals surface area contributed by atoms with Crippen molar-refractivity contribution < 1.29 is 19.7 Å². The number of hydrogen-bond acceptors (Lipinski definition) is 6. The Morgan fingerprint density at radius 1 is 1.16 bits per heavy atom. The Hall–Kier alpha value is -3.06. The molecule has 3 aromatic rings. The molecular formula is C18H21N3O4. The van der Waals surface area contributed by atoms with E-state index in [1.807, 2.05) is 43.3 Å². The Kier molecular flexibility index (Phi) is 5.61. The van der Waals surface area contributed by atoms with E-state index in [2.05, 4.69) is 4.98 Å². The largest absolute Gasteiger partial charge is 0.494 e. The van der Waals surface area contributed by atoms with E-state index in [-0.39, 0.29) is 0 Å². The van der Waals surface area contributed by atoms with Crippen LogP contribution in [-0.2, 0) is 4.79 Å². The molecule has 6 N–H and O–H groups in total. The van der Waals surface area contributed by atoms with E-state index in [9.17, 15) is 4.79 Å². The Balaban J connectivity index is 0.000000326. The number of aromatic nitrogens is 1. The second-order valence-electron chi connectivity index (χ2n) is 5.43. The number of aliphatic hydroxyl groups is 1. The van der Waals surface area contributed by atoms with Gasteiger partial charge in [0.25, 0.3) is 0 Å². The van der Waals surface area contributed by atoms with Gasteiger partial charge in [0.15, 0.2) is 0 Å². The number of anilines is 2. The number of nitrogen functional groups attached to an aromatic ring is 2. The second-order valence-corrected chi connectivity index (χ2v) is 5.43. The van der Waals surface area contributed by atoms with E-state index in [0.29, 0.717) is 12.3 Å². The maximum atomic E-state index is 9.45. The van der Waals surface area contributed by atoms with Crippen LogP contribution in [0.3, 0.4) is 0 Å². The third-order valence-electron chi connectivity index (χ3n) is 3.48. The van der Waals surface area contributed by atoms with Crippen molar-refractivity contribution in [3.05, 3.63) is 36.4 Å². The van der Waals surface area contributed by atoms with Crippen molar-refractivity contribution in [3.8, 4) is 5.75 Å². The van der Waals surface area contributed by atoms with Crippen LogP contribution < -0.4 is 16.2 Å². The molecule has 0 saturated carbocycles. The molecule has 7 nitrogen and oxygen atoms in total. The molecule has 0 fully saturated rings. The highest BCUT2D eigenvalue weighted by Crippen LogP contribution is 2.31. The smallest absolute Gasteiger partial charge is 0.332 e. The fraction of sp³-hybridized carbons (Fsp3) is 0.222. The van der Waals surface area contributed by atoms with Gasteiger partial charge in [0.2, 0.25) is 0 Å². The molecule has 1 aromatic heterocycles. The molecule has 0 saturated heterocycles. The van der Waals surface area contributed by atoms with Crippen LogP contribution in [0.25, 0.3) is 21.8 Å². The van der Waals surface area contributed by atoms with Gasteiger partial charge in [-0.2, -0.15) is 0 Å². The van der Waals surface area contributed by atoms with Crippen molar-refractivity contribution in [2.45, 2.75) is 20.0 Å². The van der Waals surface area contributed by atoms with Crippen LogP contribution in [0.5, 0.6) is 5.75 Å². The van der Waals surface area contributed by atoms with Gasteiger partial charge < -0.3 is 26.4 Å². The van der Waals surface area contributed by atoms with E-state index >= 15 is 0 Å². The molecule has 1 heterocycles. The maximum Gasteiger partial charge on any atom is 0.332 e. The summed E-state index contributed by atoms with van der Waals surface area (Å²) in [6, 6.07) is 11.3. The van der Waals surface area contributed by atoms with Crippen LogP contribution >= 0.6 is 0 Å². The number of hydrogen-bond donors (Lipinski definition) is 4. The zero-order valence-corrected chi connectivity index (χ0v) is 14.1. The van der Waals surface area contributed by atoms with Gasteiger partial charge in [-0.3, -0.25) is 0 Å². The lowest BCUT2D eigenvalue weighted by Crippen LogP contribution is -2.13. The average molecular weight is 343 g/mol. The van der Waals surface area contributed by atoms with Crippen LogP contribution in [0, 0.1) is 0 Å². The Morgan fingerprint density at radius 2 is 1.72 bits per heavy atom. The number of carbonyl (C=O) groups is 1.